The van der Waals surface area contributed by atoms with E-state index in [-0.39, 0.29) is 17.3 Å². The van der Waals surface area contributed by atoms with Crippen molar-refractivity contribution < 1.29 is 74.8 Å². The number of methoxy groups -OCH3 is 8. The third-order valence-electron chi connectivity index (χ3n) is 26.4. The van der Waals surface area contributed by atoms with Crippen LogP contribution >= 0.6 is 0 Å². The maximum absolute atomic E-state index is 18.5. The van der Waals surface area contributed by atoms with Crippen LogP contribution in [0.5, 0.6) is 46.0 Å². The lowest BCUT2D eigenvalue weighted by Gasteiger charge is -2.40. The summed E-state index contributed by atoms with van der Waals surface area (Å²) in [7, 11) is 10.6. The van der Waals surface area contributed by atoms with Crippen molar-refractivity contribution in [1.29, 1.82) is 0 Å². The van der Waals surface area contributed by atoms with E-state index < -0.39 is 79.8 Å². The summed E-state index contributed by atoms with van der Waals surface area (Å²) in [4.78, 5) is 41.7. The van der Waals surface area contributed by atoms with Crippen LogP contribution in [0.1, 0.15) is 100.0 Å². The van der Waals surface area contributed by atoms with E-state index in [1.165, 1.54) is 23.5 Å². The largest absolute Gasteiger partial charge is 0.497 e. The molecule has 6 heterocycles. The molecule has 0 radical (unpaired) electrons. The highest BCUT2D eigenvalue weighted by molar-refractivity contribution is 6.74. The minimum atomic E-state index is -2.40. The van der Waals surface area contributed by atoms with Gasteiger partial charge in [-0.05, 0) is 182 Å². The Hall–Kier alpha value is -14.7. The Morgan fingerprint density at radius 2 is 0.599 bits per heavy atom. The van der Waals surface area contributed by atoms with E-state index in [0.717, 1.165) is 50.1 Å². The van der Waals surface area contributed by atoms with Crippen LogP contribution in [-0.4, -0.2) is 154 Å². The van der Waals surface area contributed by atoms with Gasteiger partial charge in [0.05, 0.1) is 76.1 Å². The molecular weight excluding hydrogens is 1750 g/mol. The molecule has 12 aromatic carbocycles. The molecule has 2 saturated heterocycles. The average molecular weight is 1860 g/mol. The average Bonchev–Trinajstić information content (AvgIpc) is 1.68. The summed E-state index contributed by atoms with van der Waals surface area (Å²) in [5, 5.41) is 7.47. The molecule has 16 aromatic rings. The number of benzene rings is 12. The summed E-state index contributed by atoms with van der Waals surface area (Å²) in [5.74, 6) is 6.16. The second-order valence-corrected chi connectivity index (χ2v) is 39.6. The molecule has 137 heavy (non-hydrogen) atoms. The number of nitrogens with one attached hydrogen (secondary N) is 2. The lowest BCUT2D eigenvalue weighted by atomic mass is 9.77. The first-order valence-corrected chi connectivity index (χ1v) is 47.9. The van der Waals surface area contributed by atoms with Gasteiger partial charge in [-0.1, -0.05) is 239 Å². The molecule has 700 valence electrons. The molecule has 18 rings (SSSR count). The highest BCUT2D eigenvalue weighted by Gasteiger charge is 2.56. The summed E-state index contributed by atoms with van der Waals surface area (Å²) >= 11 is 0. The number of aromatic nitrogens is 8. The Labute approximate surface area is 795 Å². The number of fused-ring (bicyclic) bond motifs is 2. The number of hydrogen-bond acceptors (Lipinski definition) is 22. The van der Waals surface area contributed by atoms with Gasteiger partial charge in [-0.15, -0.1) is 0 Å². The number of anilines is 2. The second kappa shape index (κ2) is 40.5. The van der Waals surface area contributed by atoms with Crippen LogP contribution in [0.25, 0.3) is 22.3 Å². The van der Waals surface area contributed by atoms with Gasteiger partial charge < -0.3 is 76.7 Å². The third-order valence-corrected chi connectivity index (χ3v) is 30.9. The van der Waals surface area contributed by atoms with Crippen LogP contribution in [0.3, 0.4) is 0 Å². The standard InChI is InChI=1S/C58H62FN5O7Si.C52H46FN5O7/c1-56(2,3)72(8,9)69-36-49-52(71-58(42-18-14-11-15-19-42,43-24-32-47(67-6)33-25-43)44-26-34-48(68-7)35-27-44)50(59)55(70-49)64-38-62-51-53(60-37-61-54(51)64)63-57(39-16-12-10-13-17-39,40-20-28-45(65-4)29-21-40)41-22-30-46(66-5)31-23-41;1-60-40-23-15-35(16-24-40)51(34-11-7-5-8-12-34,36-17-25-41(61-2)26-18-36)57-48-46-49(55-32-54-48)58(33-56-46)50-45(53)47(44(31-59)64-50)65-52(37-13-9-6-10-14-37,38-19-27-42(62-3)28-20-38)39-21-29-43(63-4)30-22-39/h10-35,37-38,49-50,52,55H,36H2,1-9H3,(H,60,61,63);5-33,44-45,47,50H,1-4H3,(H,54,55,57)/t49-,50-,52+,55-;44-,45-,47+,50-/m11/s1. The Bertz CT molecular complexity index is 6510. The zero-order valence-electron chi connectivity index (χ0n) is 78.3. The summed E-state index contributed by atoms with van der Waals surface area (Å²) in [6.07, 6.45) is -4.62. The maximum Gasteiger partial charge on any atom is 0.192 e. The summed E-state index contributed by atoms with van der Waals surface area (Å²) < 4.78 is 119. The van der Waals surface area contributed by atoms with Crippen molar-refractivity contribution in [3.8, 4) is 46.0 Å². The molecule has 2 fully saturated rings. The van der Waals surface area contributed by atoms with Crippen LogP contribution in [0.4, 0.5) is 20.4 Å². The molecule has 0 spiro atoms. The van der Waals surface area contributed by atoms with Gasteiger partial charge in [0, 0.05) is 0 Å². The first-order chi connectivity index (χ1) is 66.6. The van der Waals surface area contributed by atoms with Gasteiger partial charge >= 0.3 is 0 Å². The SMILES string of the molecule is COc1ccc(C(Nc2ncnc3c2ncn3[C@@H]2O[C@H](C=O)[C@H](OC(c3ccccc3)(c3ccc(OC)cc3)c3ccc(OC)cc3)[C@H]2F)(c2ccccc2)c2ccc(OC)cc2)cc1.COc1ccc(C(Nc2ncnc3c2ncn3[C@@H]2O[C@H](CO[Si](C)(C)C(C)(C)C)[C@H](OC(c3ccccc3)(c3ccc(OC)cc3)c3ccc(OC)cc3)[C@H]2F)(c2ccccc2)c2ccc(OC)cc2)cc1. The maximum atomic E-state index is 18.5. The number of rotatable bonds is 34. The minimum Gasteiger partial charge on any atom is -0.497 e. The van der Waals surface area contributed by atoms with Gasteiger partial charge in [0.15, 0.2) is 73.4 Å². The van der Waals surface area contributed by atoms with Crippen LogP contribution in [0.2, 0.25) is 18.1 Å². The van der Waals surface area contributed by atoms with Crippen LogP contribution < -0.4 is 48.5 Å². The third kappa shape index (κ3) is 18.2. The fourth-order valence-electron chi connectivity index (χ4n) is 18.1. The Balaban J connectivity index is 0.000000191. The van der Waals surface area contributed by atoms with Gasteiger partial charge in [0.25, 0.3) is 0 Å². The molecular formula is C110H108F2N10O14Si. The molecule has 4 aromatic heterocycles. The van der Waals surface area contributed by atoms with E-state index in [4.69, 9.17) is 86.2 Å². The number of aldehydes is 1. The van der Waals surface area contributed by atoms with Crippen molar-refractivity contribution in [1.82, 2.24) is 39.0 Å². The summed E-state index contributed by atoms with van der Waals surface area (Å²) in [6.45, 7) is 11.0. The molecule has 2 N–H and O–H groups in total. The lowest BCUT2D eigenvalue weighted by Crippen LogP contribution is -2.47. The van der Waals surface area contributed by atoms with Crippen LogP contribution in [0, 0.1) is 0 Å². The van der Waals surface area contributed by atoms with Crippen molar-refractivity contribution >= 4 is 48.6 Å². The molecule has 27 heteroatoms. The first kappa shape index (κ1) is 94.1. The van der Waals surface area contributed by atoms with E-state index >= 15 is 8.78 Å². The molecule has 0 saturated carbocycles. The lowest BCUT2D eigenvalue weighted by molar-refractivity contribution is -0.131. The Kier molecular flexibility index (Phi) is 27.8. The number of halogens is 2. The smallest absolute Gasteiger partial charge is 0.192 e. The predicted molar refractivity (Wildman–Crippen MR) is 524 cm³/mol. The molecule has 2 aliphatic rings. The van der Waals surface area contributed by atoms with Gasteiger partial charge in [0.2, 0.25) is 0 Å². The predicted octanol–water partition coefficient (Wildman–Crippen LogP) is 21.0. The monoisotopic (exact) mass is 1860 g/mol. The van der Waals surface area contributed by atoms with Gasteiger partial charge in [-0.2, -0.15) is 0 Å². The normalized spacial score (nSPS) is 17.4. The van der Waals surface area contributed by atoms with Crippen molar-refractivity contribution in [3.63, 3.8) is 0 Å². The molecule has 8 atom stereocenters. The molecule has 0 unspecified atom stereocenters. The Morgan fingerprint density at radius 1 is 0.343 bits per heavy atom. The van der Waals surface area contributed by atoms with Crippen molar-refractivity contribution in [2.45, 2.75) is 110 Å². The molecule has 24 nitrogen and oxygen atoms in total. The molecule has 0 bridgehead atoms. The number of hydrogen-bond donors (Lipinski definition) is 2. The van der Waals surface area contributed by atoms with Crippen LogP contribution in [0.15, 0.2) is 341 Å². The first-order valence-electron chi connectivity index (χ1n) is 45.0. The van der Waals surface area contributed by atoms with Crippen molar-refractivity contribution in [2.75, 3.05) is 74.1 Å². The number of alkyl halides is 2. The zero-order chi connectivity index (χ0) is 95.6. The topological polar surface area (TPSA) is 248 Å². The fourth-order valence-corrected chi connectivity index (χ4v) is 19.1. The number of carbonyl (C=O) groups is 1. The molecule has 0 aliphatic carbocycles. The zero-order valence-corrected chi connectivity index (χ0v) is 79.3. The minimum absolute atomic E-state index is 0.0753. The van der Waals surface area contributed by atoms with Crippen molar-refractivity contribution in [2.24, 2.45) is 0 Å². The number of imidazole rings is 2. The quantitative estimate of drug-likeness (QED) is 0.0216. The van der Waals surface area contributed by atoms with E-state index in [9.17, 15) is 4.79 Å². The fraction of sp³-hybridized carbons (Fsp3) is 0.245. The van der Waals surface area contributed by atoms with E-state index in [0.29, 0.717) is 97.3 Å². The van der Waals surface area contributed by atoms with Gasteiger partial charge in [-0.3, -0.25) is 9.13 Å². The molecule has 0 amide bonds. The molecule has 2 aliphatic heterocycles. The summed E-state index contributed by atoms with van der Waals surface area (Å²) in [5.41, 5.74) is 6.18. The highest BCUT2D eigenvalue weighted by Crippen LogP contribution is 2.52. The number of carbonyl (C=O) groups excluding carboxylic acids is 1. The van der Waals surface area contributed by atoms with E-state index in [1.807, 2.05) is 303 Å². The highest BCUT2D eigenvalue weighted by atomic mass is 28.4. The van der Waals surface area contributed by atoms with Crippen molar-refractivity contribution in [3.05, 3.63) is 408 Å². The van der Waals surface area contributed by atoms with Crippen LogP contribution in [-0.2, 0) is 50.4 Å². The van der Waals surface area contributed by atoms with E-state index in [1.54, 1.807) is 67.8 Å². The number of ether oxygens (including phenoxy) is 12. The Morgan fingerprint density at radius 3 is 0.883 bits per heavy atom. The number of nitrogens with zero attached hydrogens (tertiary/aromatic N) is 8. The summed E-state index contributed by atoms with van der Waals surface area (Å²) in [6, 6.07) is 101. The van der Waals surface area contributed by atoms with E-state index in [2.05, 4.69) is 61.6 Å². The van der Waals surface area contributed by atoms with Gasteiger partial charge in [0.1, 0.15) is 105 Å². The van der Waals surface area contributed by atoms with Gasteiger partial charge in [-0.25, -0.2) is 38.7 Å². The second-order valence-electron chi connectivity index (χ2n) is 34.8.